The molecule has 2 aliphatic heterocycles. The Morgan fingerprint density at radius 1 is 1.23 bits per heavy atom. The van der Waals surface area contributed by atoms with Crippen LogP contribution >= 0.6 is 22.9 Å². The molecule has 8 heteroatoms. The highest BCUT2D eigenvalue weighted by Crippen LogP contribution is 2.66. The first kappa shape index (κ1) is 24.5. The Balaban J connectivity index is 1.16. The van der Waals surface area contributed by atoms with Crippen LogP contribution in [0.3, 0.4) is 0 Å². The van der Waals surface area contributed by atoms with E-state index in [0.29, 0.717) is 30.0 Å². The number of hydrogen-bond acceptors (Lipinski definition) is 6. The number of phenols is 1. The van der Waals surface area contributed by atoms with E-state index in [2.05, 4.69) is 10.3 Å². The monoisotopic (exact) mass is 564 g/mol. The highest BCUT2D eigenvalue weighted by molar-refractivity contribution is 7.17. The lowest BCUT2D eigenvalue weighted by Gasteiger charge is -2.64. The standard InChI is InChI=1S/C31H33ClN2O4S/c1-33(26(36)13-19-16-39-24-7-5-20(32)14-21(19)24)22-8-9-31(37)25-12-18-4-6-23(35)28-27(18)30(31,29(22)38-28)10-11-34(25)15-17-2-3-17/h4-7,14,16-17,22,25,29,35,37H,2-3,8-13,15H2,1H3/t22?,25-,29?,30+,31-/m1/s1. The van der Waals surface area contributed by atoms with Crippen molar-refractivity contribution in [1.82, 2.24) is 9.80 Å². The van der Waals surface area contributed by atoms with Crippen LogP contribution in [0, 0.1) is 5.92 Å². The lowest BCUT2D eigenvalue weighted by molar-refractivity contribution is -0.200. The Morgan fingerprint density at radius 2 is 2.08 bits per heavy atom. The highest BCUT2D eigenvalue weighted by Gasteiger charge is 2.73. The smallest absolute Gasteiger partial charge is 0.227 e. The molecule has 2 aromatic carbocycles. The number of rotatable bonds is 5. The number of likely N-dealkylation sites (N-methyl/N-ethyl adjacent to an activating group) is 1. The van der Waals surface area contributed by atoms with Crippen molar-refractivity contribution in [2.24, 2.45) is 5.92 Å². The summed E-state index contributed by atoms with van der Waals surface area (Å²) in [5, 5.41) is 27.3. The molecule has 1 aromatic heterocycles. The molecule has 204 valence electrons. The fourth-order valence-corrected chi connectivity index (χ4v) is 9.63. The Hall–Kier alpha value is -2.32. The third-order valence-electron chi connectivity index (χ3n) is 10.6. The minimum atomic E-state index is -0.947. The van der Waals surface area contributed by atoms with Crippen LogP contribution in [0.5, 0.6) is 11.5 Å². The Kier molecular flexibility index (Phi) is 5.24. The number of nitrogens with zero attached hydrogens (tertiary/aromatic N) is 2. The van der Waals surface area contributed by atoms with Gasteiger partial charge in [0.15, 0.2) is 11.5 Å². The molecular formula is C31H33ClN2O4S. The number of fused-ring (bicyclic) bond motifs is 1. The van der Waals surface area contributed by atoms with Gasteiger partial charge in [-0.2, -0.15) is 0 Å². The number of hydrogen-bond donors (Lipinski definition) is 2. The van der Waals surface area contributed by atoms with Crippen molar-refractivity contribution >= 4 is 38.9 Å². The molecule has 6 nitrogen and oxygen atoms in total. The maximum atomic E-state index is 13.8. The zero-order chi connectivity index (χ0) is 26.7. The largest absolute Gasteiger partial charge is 0.504 e. The van der Waals surface area contributed by atoms with Crippen LogP contribution in [0.15, 0.2) is 35.7 Å². The van der Waals surface area contributed by atoms with Crippen LogP contribution in [0.1, 0.15) is 48.8 Å². The van der Waals surface area contributed by atoms with Crippen molar-refractivity contribution in [2.75, 3.05) is 20.1 Å². The minimum absolute atomic E-state index is 0.0315. The Labute approximate surface area is 237 Å². The van der Waals surface area contributed by atoms with Gasteiger partial charge in [-0.3, -0.25) is 9.69 Å². The minimum Gasteiger partial charge on any atom is -0.504 e. The summed E-state index contributed by atoms with van der Waals surface area (Å²) >= 11 is 7.90. The van der Waals surface area contributed by atoms with E-state index in [9.17, 15) is 15.0 Å². The van der Waals surface area contributed by atoms with Crippen LogP contribution in [0.4, 0.5) is 0 Å². The van der Waals surface area contributed by atoms with Crippen LogP contribution in [0.25, 0.3) is 10.1 Å². The summed E-state index contributed by atoms with van der Waals surface area (Å²) in [5.41, 5.74) is 1.59. The van der Waals surface area contributed by atoms with Gasteiger partial charge < -0.3 is 19.8 Å². The number of phenolic OH excluding ortho intramolecular Hbond substituents is 1. The number of ether oxygens (including phenoxy) is 1. The molecule has 3 fully saturated rings. The van der Waals surface area contributed by atoms with Crippen molar-refractivity contribution in [2.45, 2.75) is 74.1 Å². The van der Waals surface area contributed by atoms with Gasteiger partial charge in [-0.1, -0.05) is 17.7 Å². The summed E-state index contributed by atoms with van der Waals surface area (Å²) in [4.78, 5) is 18.2. The van der Waals surface area contributed by atoms with Gasteiger partial charge >= 0.3 is 0 Å². The quantitative estimate of drug-likeness (QED) is 0.461. The van der Waals surface area contributed by atoms with Crippen molar-refractivity contribution < 1.29 is 19.7 Å². The van der Waals surface area contributed by atoms with Gasteiger partial charge in [0.2, 0.25) is 5.91 Å². The molecule has 2 N–H and O–H groups in total. The van der Waals surface area contributed by atoms with Gasteiger partial charge in [0.25, 0.3) is 0 Å². The number of piperidine rings is 1. The number of carbonyl (C=O) groups excluding carboxylic acids is 1. The van der Waals surface area contributed by atoms with Crippen molar-refractivity contribution in [3.63, 3.8) is 0 Å². The lowest BCUT2D eigenvalue weighted by Crippen LogP contribution is -2.78. The molecule has 3 heterocycles. The molecule has 5 aliphatic rings. The predicted octanol–water partition coefficient (Wildman–Crippen LogP) is 4.89. The van der Waals surface area contributed by atoms with E-state index in [1.165, 1.54) is 18.4 Å². The first-order valence-corrected chi connectivity index (χ1v) is 15.5. The summed E-state index contributed by atoms with van der Waals surface area (Å²) in [6.45, 7) is 1.96. The summed E-state index contributed by atoms with van der Waals surface area (Å²) in [6, 6.07) is 9.43. The van der Waals surface area contributed by atoms with E-state index in [-0.39, 0.29) is 23.7 Å². The molecule has 2 unspecified atom stereocenters. The summed E-state index contributed by atoms with van der Waals surface area (Å²) in [6.07, 6.45) is 5.29. The second-order valence-corrected chi connectivity index (χ2v) is 13.8. The molecule has 8 rings (SSSR count). The number of halogens is 1. The summed E-state index contributed by atoms with van der Waals surface area (Å²) in [5.74, 6) is 1.44. The normalized spacial score (nSPS) is 32.6. The van der Waals surface area contributed by atoms with E-state index in [0.717, 1.165) is 53.1 Å². The van der Waals surface area contributed by atoms with Crippen LogP contribution in [-0.4, -0.2) is 69.8 Å². The Bertz CT molecular complexity index is 1520. The van der Waals surface area contributed by atoms with Gasteiger partial charge in [0, 0.05) is 34.9 Å². The fraction of sp³-hybridized carbons (Fsp3) is 0.516. The number of aromatic hydroxyl groups is 1. The van der Waals surface area contributed by atoms with Crippen LogP contribution < -0.4 is 4.74 Å². The molecular weight excluding hydrogens is 532 g/mol. The lowest BCUT2D eigenvalue weighted by atomic mass is 9.48. The fourth-order valence-electron chi connectivity index (χ4n) is 8.52. The summed E-state index contributed by atoms with van der Waals surface area (Å²) < 4.78 is 7.79. The molecule has 2 bridgehead atoms. The molecule has 1 saturated heterocycles. The van der Waals surface area contributed by atoms with Crippen LogP contribution in [0.2, 0.25) is 5.02 Å². The van der Waals surface area contributed by atoms with Crippen molar-refractivity contribution in [3.8, 4) is 11.5 Å². The van der Waals surface area contributed by atoms with E-state index < -0.39 is 17.1 Å². The first-order chi connectivity index (χ1) is 18.8. The number of likely N-dealkylation sites (tertiary alicyclic amines) is 1. The molecule has 3 aliphatic carbocycles. The van der Waals surface area contributed by atoms with E-state index in [1.54, 1.807) is 17.4 Å². The number of amides is 1. The topological polar surface area (TPSA) is 73.2 Å². The molecule has 1 amide bonds. The van der Waals surface area contributed by atoms with E-state index in [4.69, 9.17) is 16.3 Å². The van der Waals surface area contributed by atoms with E-state index >= 15 is 0 Å². The Morgan fingerprint density at radius 3 is 2.90 bits per heavy atom. The van der Waals surface area contributed by atoms with Gasteiger partial charge in [-0.05, 0) is 97.1 Å². The van der Waals surface area contributed by atoms with Gasteiger partial charge in [0.1, 0.15) is 6.10 Å². The van der Waals surface area contributed by atoms with Crippen molar-refractivity contribution in [1.29, 1.82) is 0 Å². The number of benzene rings is 2. The third-order valence-corrected chi connectivity index (χ3v) is 11.8. The molecule has 1 spiro atoms. The van der Waals surface area contributed by atoms with Crippen molar-refractivity contribution in [3.05, 3.63) is 57.4 Å². The highest BCUT2D eigenvalue weighted by atomic mass is 35.5. The maximum Gasteiger partial charge on any atom is 0.227 e. The number of carbonyl (C=O) groups is 1. The summed E-state index contributed by atoms with van der Waals surface area (Å²) in [7, 11) is 1.88. The number of thiophene rings is 1. The molecule has 3 aromatic rings. The molecule has 39 heavy (non-hydrogen) atoms. The van der Waals surface area contributed by atoms with Crippen LogP contribution in [-0.2, 0) is 23.1 Å². The second-order valence-electron chi connectivity index (χ2n) is 12.5. The average Bonchev–Trinajstić information content (AvgIpc) is 3.54. The average molecular weight is 565 g/mol. The zero-order valence-electron chi connectivity index (χ0n) is 22.0. The number of aliphatic hydroxyl groups is 1. The molecule has 2 saturated carbocycles. The third kappa shape index (κ3) is 3.30. The van der Waals surface area contributed by atoms with Gasteiger partial charge in [0.05, 0.1) is 23.5 Å². The predicted molar refractivity (Wildman–Crippen MR) is 152 cm³/mol. The first-order valence-electron chi connectivity index (χ1n) is 14.2. The maximum absolute atomic E-state index is 13.8. The van der Waals surface area contributed by atoms with Gasteiger partial charge in [-0.15, -0.1) is 11.3 Å². The second kappa shape index (κ2) is 8.35. The zero-order valence-corrected chi connectivity index (χ0v) is 23.6. The molecule has 5 atom stereocenters. The SMILES string of the molecule is CN(C(=O)Cc1csc2ccc(Cl)cc12)C1CC[C@@]2(O)[C@H]3Cc4ccc(O)c5c4[C@@]2(CCN3CC2CC2)C1O5. The molecule has 0 radical (unpaired) electrons. The van der Waals surface area contributed by atoms with Gasteiger partial charge in [-0.25, -0.2) is 0 Å². The van der Waals surface area contributed by atoms with E-state index in [1.807, 2.05) is 36.2 Å².